The van der Waals surface area contributed by atoms with Crippen LogP contribution in [0.3, 0.4) is 0 Å². The second-order valence-electron chi connectivity index (χ2n) is 8.46. The van der Waals surface area contributed by atoms with E-state index in [4.69, 9.17) is 13.9 Å². The molecule has 4 rings (SSSR count). The van der Waals surface area contributed by atoms with E-state index in [-0.39, 0.29) is 5.63 Å². The first-order valence-corrected chi connectivity index (χ1v) is 11.6. The molecule has 0 amide bonds. The molecule has 31 heavy (non-hydrogen) atoms. The van der Waals surface area contributed by atoms with Gasteiger partial charge in [0, 0.05) is 17.0 Å². The lowest BCUT2D eigenvalue weighted by molar-refractivity contribution is 0.301. The van der Waals surface area contributed by atoms with Crippen LogP contribution >= 0.6 is 0 Å². The highest BCUT2D eigenvalue weighted by Gasteiger charge is 2.20. The Morgan fingerprint density at radius 3 is 2.65 bits per heavy atom. The van der Waals surface area contributed by atoms with E-state index >= 15 is 0 Å². The van der Waals surface area contributed by atoms with E-state index in [2.05, 4.69) is 13.0 Å². The summed E-state index contributed by atoms with van der Waals surface area (Å²) in [6.45, 7) is 2.67. The van der Waals surface area contributed by atoms with Gasteiger partial charge in [-0.2, -0.15) is 0 Å². The number of hydrogen-bond acceptors (Lipinski definition) is 4. The Morgan fingerprint density at radius 2 is 1.84 bits per heavy atom. The topological polar surface area (TPSA) is 48.7 Å². The van der Waals surface area contributed by atoms with E-state index in [9.17, 15) is 4.79 Å². The summed E-state index contributed by atoms with van der Waals surface area (Å²) < 4.78 is 17.3. The predicted octanol–water partition coefficient (Wildman–Crippen LogP) is 6.38. The molecule has 0 fully saturated rings. The fourth-order valence-electron chi connectivity index (χ4n) is 4.51. The van der Waals surface area contributed by atoms with Crippen LogP contribution in [0.1, 0.15) is 67.7 Å². The summed E-state index contributed by atoms with van der Waals surface area (Å²) >= 11 is 0. The lowest BCUT2D eigenvalue weighted by Crippen LogP contribution is -2.16. The van der Waals surface area contributed by atoms with Crippen molar-refractivity contribution in [2.75, 3.05) is 7.11 Å². The van der Waals surface area contributed by atoms with E-state index in [1.165, 1.54) is 30.4 Å². The van der Waals surface area contributed by atoms with Crippen molar-refractivity contribution in [1.82, 2.24) is 0 Å². The smallest absolute Gasteiger partial charge is 0.339 e. The highest BCUT2D eigenvalue weighted by molar-refractivity contribution is 5.84. The van der Waals surface area contributed by atoms with Crippen LogP contribution < -0.4 is 15.1 Å². The molecule has 1 aromatic heterocycles. The molecular formula is C27H32O4. The van der Waals surface area contributed by atoms with Crippen LogP contribution in [0.2, 0.25) is 0 Å². The largest absolute Gasteiger partial charge is 0.497 e. The van der Waals surface area contributed by atoms with Crippen LogP contribution in [0.5, 0.6) is 11.5 Å². The molecule has 2 aromatic carbocycles. The van der Waals surface area contributed by atoms with Crippen molar-refractivity contribution in [3.05, 3.63) is 69.1 Å². The third kappa shape index (κ3) is 4.95. The van der Waals surface area contributed by atoms with Crippen molar-refractivity contribution < 1.29 is 13.9 Å². The minimum atomic E-state index is -0.184. The molecule has 4 heteroatoms. The van der Waals surface area contributed by atoms with Gasteiger partial charge in [-0.15, -0.1) is 0 Å². The lowest BCUT2D eigenvalue weighted by atomic mass is 9.89. The molecule has 0 saturated heterocycles. The van der Waals surface area contributed by atoms with E-state index in [1.807, 2.05) is 30.3 Å². The van der Waals surface area contributed by atoms with Gasteiger partial charge >= 0.3 is 5.63 Å². The zero-order valence-electron chi connectivity index (χ0n) is 18.7. The van der Waals surface area contributed by atoms with Crippen LogP contribution in [-0.4, -0.2) is 7.11 Å². The second-order valence-corrected chi connectivity index (χ2v) is 8.46. The van der Waals surface area contributed by atoms with Crippen molar-refractivity contribution >= 4 is 11.0 Å². The maximum atomic E-state index is 12.5. The van der Waals surface area contributed by atoms with Gasteiger partial charge in [-0.25, -0.2) is 4.79 Å². The van der Waals surface area contributed by atoms with Crippen molar-refractivity contribution in [3.63, 3.8) is 0 Å². The molecule has 0 aliphatic heterocycles. The third-order valence-corrected chi connectivity index (χ3v) is 6.23. The van der Waals surface area contributed by atoms with Crippen molar-refractivity contribution in [1.29, 1.82) is 0 Å². The first-order chi connectivity index (χ1) is 15.2. The van der Waals surface area contributed by atoms with Gasteiger partial charge < -0.3 is 13.9 Å². The highest BCUT2D eigenvalue weighted by atomic mass is 16.5. The first kappa shape index (κ1) is 21.5. The van der Waals surface area contributed by atoms with Gasteiger partial charge in [0.05, 0.1) is 7.11 Å². The third-order valence-electron chi connectivity index (χ3n) is 6.23. The number of rotatable bonds is 9. The SMILES string of the molecule is CCCCCCc1cc2c3c(c(=O)oc2cc1OCc1cccc(OC)c1)CCCC3. The van der Waals surface area contributed by atoms with E-state index in [1.54, 1.807) is 7.11 Å². The van der Waals surface area contributed by atoms with Gasteiger partial charge in [0.25, 0.3) is 0 Å². The zero-order chi connectivity index (χ0) is 21.6. The molecule has 0 bridgehead atoms. The summed E-state index contributed by atoms with van der Waals surface area (Å²) in [5, 5.41) is 1.09. The summed E-state index contributed by atoms with van der Waals surface area (Å²) in [4.78, 5) is 12.5. The Balaban J connectivity index is 1.68. The molecule has 0 atom stereocenters. The molecule has 1 aliphatic rings. The molecule has 4 nitrogen and oxygen atoms in total. The van der Waals surface area contributed by atoms with Crippen LogP contribution in [-0.2, 0) is 25.9 Å². The summed E-state index contributed by atoms with van der Waals surface area (Å²) in [6.07, 6.45) is 9.76. The standard InChI is InChI=1S/C27H32O4/c1-3-4-5-6-11-20-16-24-22-13-7-8-14-23(22)27(28)31-26(24)17-25(20)30-18-19-10-9-12-21(15-19)29-2/h9-10,12,15-17H,3-8,11,13-14,18H2,1-2H3. The van der Waals surface area contributed by atoms with Crippen LogP contribution in [0.25, 0.3) is 11.0 Å². The molecule has 0 unspecified atom stereocenters. The molecule has 0 saturated carbocycles. The second kappa shape index (κ2) is 10.0. The molecule has 0 spiro atoms. The Kier molecular flexibility index (Phi) is 6.96. The minimum Gasteiger partial charge on any atom is -0.497 e. The maximum Gasteiger partial charge on any atom is 0.339 e. The molecule has 0 N–H and O–H groups in total. The van der Waals surface area contributed by atoms with Gasteiger partial charge in [0.2, 0.25) is 0 Å². The number of aryl methyl sites for hydroxylation is 2. The van der Waals surface area contributed by atoms with Crippen molar-refractivity contribution in [3.8, 4) is 11.5 Å². The number of benzene rings is 2. The number of unbranched alkanes of at least 4 members (excludes halogenated alkanes) is 3. The summed E-state index contributed by atoms with van der Waals surface area (Å²) in [7, 11) is 1.67. The number of hydrogen-bond donors (Lipinski definition) is 0. The monoisotopic (exact) mass is 420 g/mol. The van der Waals surface area contributed by atoms with E-state index in [0.717, 1.165) is 66.5 Å². The molecular weight excluding hydrogens is 388 g/mol. The Labute approximate surface area is 184 Å². The van der Waals surface area contributed by atoms with Crippen LogP contribution in [0.15, 0.2) is 45.6 Å². The fraction of sp³-hybridized carbons (Fsp3) is 0.444. The summed E-state index contributed by atoms with van der Waals surface area (Å²) in [5.74, 6) is 1.63. The maximum absolute atomic E-state index is 12.5. The molecule has 1 aliphatic carbocycles. The van der Waals surface area contributed by atoms with Gasteiger partial charge in [-0.3, -0.25) is 0 Å². The average molecular weight is 421 g/mol. The van der Waals surface area contributed by atoms with Crippen LogP contribution in [0, 0.1) is 0 Å². The summed E-state index contributed by atoms with van der Waals surface area (Å²) in [6, 6.07) is 12.1. The molecule has 0 radical (unpaired) electrons. The normalized spacial score (nSPS) is 13.2. The highest BCUT2D eigenvalue weighted by Crippen LogP contribution is 2.33. The Hall–Kier alpha value is -2.75. The van der Waals surface area contributed by atoms with Gasteiger partial charge in [-0.1, -0.05) is 38.3 Å². The predicted molar refractivity (Wildman–Crippen MR) is 124 cm³/mol. The number of fused-ring (bicyclic) bond motifs is 3. The van der Waals surface area contributed by atoms with Crippen molar-refractivity contribution in [2.45, 2.75) is 71.3 Å². The van der Waals surface area contributed by atoms with Gasteiger partial charge in [-0.05, 0) is 73.4 Å². The van der Waals surface area contributed by atoms with Crippen molar-refractivity contribution in [2.24, 2.45) is 0 Å². The Bertz CT molecular complexity index is 1100. The van der Waals surface area contributed by atoms with E-state index in [0.29, 0.717) is 12.2 Å². The molecule has 164 valence electrons. The number of ether oxygens (including phenoxy) is 2. The van der Waals surface area contributed by atoms with E-state index < -0.39 is 0 Å². The average Bonchev–Trinajstić information content (AvgIpc) is 2.81. The van der Waals surface area contributed by atoms with Crippen LogP contribution in [0.4, 0.5) is 0 Å². The first-order valence-electron chi connectivity index (χ1n) is 11.6. The summed E-state index contributed by atoms with van der Waals surface area (Å²) in [5.41, 5.74) is 4.77. The zero-order valence-corrected chi connectivity index (χ0v) is 18.7. The van der Waals surface area contributed by atoms with Gasteiger partial charge in [0.1, 0.15) is 23.7 Å². The van der Waals surface area contributed by atoms with Gasteiger partial charge in [0.15, 0.2) is 0 Å². The Morgan fingerprint density at radius 1 is 1.00 bits per heavy atom. The molecule has 1 heterocycles. The molecule has 3 aromatic rings. The number of methoxy groups -OCH3 is 1. The quantitative estimate of drug-likeness (QED) is 0.298. The fourth-order valence-corrected chi connectivity index (χ4v) is 4.51. The lowest BCUT2D eigenvalue weighted by Gasteiger charge is -2.18. The minimum absolute atomic E-state index is 0.184.